The van der Waals surface area contributed by atoms with Gasteiger partial charge in [0.05, 0.1) is 24.8 Å². The summed E-state index contributed by atoms with van der Waals surface area (Å²) in [4.78, 5) is 0. The van der Waals surface area contributed by atoms with E-state index in [-0.39, 0.29) is 0 Å². The van der Waals surface area contributed by atoms with E-state index in [2.05, 4.69) is 186 Å². The molecule has 1 unspecified atom stereocenters. The van der Waals surface area contributed by atoms with E-state index in [1.165, 1.54) is 49.8 Å². The molecule has 0 radical (unpaired) electrons. The van der Waals surface area contributed by atoms with E-state index in [0.29, 0.717) is 12.1 Å². The number of benzene rings is 7. The predicted molar refractivity (Wildman–Crippen MR) is 247 cm³/mol. The van der Waals surface area contributed by atoms with E-state index in [9.17, 15) is 0 Å². The van der Waals surface area contributed by atoms with E-state index < -0.39 is 20.6 Å². The quantitative estimate of drug-likeness (QED) is 0.126. The van der Waals surface area contributed by atoms with Crippen LogP contribution < -0.4 is 14.3 Å². The molecule has 60 heavy (non-hydrogen) atoms. The number of imidazole rings is 1. The van der Waals surface area contributed by atoms with Gasteiger partial charge in [0.1, 0.15) is 17.7 Å². The van der Waals surface area contributed by atoms with Gasteiger partial charge in [-0.25, -0.2) is 4.57 Å². The first kappa shape index (κ1) is 32.1. The molecule has 0 saturated heterocycles. The lowest BCUT2D eigenvalue weighted by Gasteiger charge is -2.23. The van der Waals surface area contributed by atoms with Gasteiger partial charge in [-0.3, -0.25) is 0 Å². The number of hydrogen-bond acceptors (Lipinski definition) is 1. The van der Waals surface area contributed by atoms with E-state index >= 15 is 0 Å². The minimum absolute atomic E-state index is 0.319. The predicted octanol–water partition coefficient (Wildman–Crippen LogP) is 11.9. The van der Waals surface area contributed by atoms with Crippen LogP contribution in [-0.4, -0.2) is 12.6 Å². The van der Waals surface area contributed by atoms with Gasteiger partial charge in [-0.15, -0.1) is 4.57 Å². The first-order valence-corrected chi connectivity index (χ1v) is 24.4. The molecule has 0 fully saturated rings. The van der Waals surface area contributed by atoms with Crippen molar-refractivity contribution in [2.24, 2.45) is 0 Å². The van der Waals surface area contributed by atoms with Gasteiger partial charge in [-0.1, -0.05) is 147 Å². The van der Waals surface area contributed by atoms with Gasteiger partial charge < -0.3 is 4.42 Å². The molecule has 7 aromatic carbocycles. The summed E-state index contributed by atoms with van der Waals surface area (Å²) in [7, 11) is -1.84. The Morgan fingerprint density at radius 3 is 2.15 bits per heavy atom. The number of pyridine rings is 1. The monoisotopic (exact) mass is 794 g/mol. The first-order valence-electron chi connectivity index (χ1n) is 22.4. The van der Waals surface area contributed by atoms with Crippen molar-refractivity contribution in [2.75, 3.05) is 0 Å². The highest BCUT2D eigenvalue weighted by Crippen LogP contribution is 2.55. The van der Waals surface area contributed by atoms with Crippen LogP contribution in [0.5, 0.6) is 0 Å². The highest BCUT2D eigenvalue weighted by atomic mass is 28.3. The van der Waals surface area contributed by atoms with Crippen molar-refractivity contribution in [1.29, 1.82) is 0 Å². The summed E-state index contributed by atoms with van der Waals surface area (Å²) in [5.41, 5.74) is 16.1. The third-order valence-corrected chi connectivity index (χ3v) is 15.2. The highest BCUT2D eigenvalue weighted by Gasteiger charge is 2.67. The fourth-order valence-electron chi connectivity index (χ4n) is 10.5. The molecule has 0 bridgehead atoms. The van der Waals surface area contributed by atoms with Crippen LogP contribution in [0, 0.1) is 13.8 Å². The van der Waals surface area contributed by atoms with Crippen molar-refractivity contribution in [3.05, 3.63) is 198 Å². The van der Waals surface area contributed by atoms with E-state index in [0.717, 1.165) is 55.5 Å². The summed E-state index contributed by atoms with van der Waals surface area (Å²) in [5.74, 6) is 1.09. The molecule has 1 spiro atoms. The van der Waals surface area contributed by atoms with Gasteiger partial charge >= 0.3 is 11.5 Å². The Hall–Kier alpha value is -6.82. The second kappa shape index (κ2) is 12.6. The third kappa shape index (κ3) is 4.78. The standard InChI is InChI=1S/C55H45N3OSi/c1-35-23-25-39(26-24-35)41-19-14-20-42-43-28-30-46-51(53(43)59-52(41)42)54-56(33-37-15-8-6-9-16-37)47-21-12-13-22-48(47)58(54)55(46)45-29-27-40(38-17-10-7-11-18-38)32-44(45)49-31-36(2)50(34-57(49)55)60(3,4)5/h6-32,34H,33H2,1-5H3/q+2/i1D3. The highest BCUT2D eigenvalue weighted by molar-refractivity contribution is 6.88. The summed E-state index contributed by atoms with van der Waals surface area (Å²) >= 11 is 0. The molecule has 5 heterocycles. The van der Waals surface area contributed by atoms with E-state index in [1.54, 1.807) is 12.1 Å². The van der Waals surface area contributed by atoms with E-state index in [4.69, 9.17) is 8.53 Å². The number of fused-ring (bicyclic) bond motifs is 16. The topological polar surface area (TPSA) is 25.8 Å². The minimum Gasteiger partial charge on any atom is -0.454 e. The van der Waals surface area contributed by atoms with E-state index in [1.807, 2.05) is 12.1 Å². The molecule has 2 aliphatic heterocycles. The average Bonchev–Trinajstić information content (AvgIpc) is 3.99. The van der Waals surface area contributed by atoms with Gasteiger partial charge in [-0.05, 0) is 78.0 Å². The molecule has 5 heteroatoms. The molecule has 0 aliphatic carbocycles. The number of para-hydroxylation sites is 3. The van der Waals surface area contributed by atoms with Gasteiger partial charge in [0.15, 0.2) is 22.8 Å². The van der Waals surface area contributed by atoms with Crippen LogP contribution in [0.2, 0.25) is 19.6 Å². The molecule has 12 rings (SSSR count). The Kier molecular flexibility index (Phi) is 6.73. The average molecular weight is 795 g/mol. The summed E-state index contributed by atoms with van der Waals surface area (Å²) < 4.78 is 39.0. The van der Waals surface area contributed by atoms with Crippen molar-refractivity contribution in [1.82, 2.24) is 4.57 Å². The lowest BCUT2D eigenvalue weighted by molar-refractivity contribution is -0.734. The summed E-state index contributed by atoms with van der Waals surface area (Å²) in [5, 5.41) is 3.50. The summed E-state index contributed by atoms with van der Waals surface area (Å²) in [6.07, 6.45) is 2.50. The lowest BCUT2D eigenvalue weighted by atomic mass is 9.87. The SMILES string of the molecule is [2H]C([2H])([2H])c1ccc(-c2cccc3c2oc2c4c(ccc23)C2(c3ccc(-c5ccccc5)cc3-c3cc(C)c([Si](C)(C)C)c[n+]32)n2c-4[n+](Cc3ccccc3)c3ccccc32)cc1. The molecule has 3 aromatic heterocycles. The normalized spacial score (nSPS) is 16.2. The number of furan rings is 1. The van der Waals surface area contributed by atoms with Crippen LogP contribution in [-0.2, 0) is 12.2 Å². The zero-order valence-electron chi connectivity index (χ0n) is 37.1. The molecular formula is C55H45N3OSi+2. The maximum atomic E-state index is 7.98. The number of hydrogen-bond donors (Lipinski definition) is 0. The smallest absolute Gasteiger partial charge is 0.364 e. The maximum absolute atomic E-state index is 7.98. The molecule has 1 atom stereocenters. The zero-order chi connectivity index (χ0) is 43.0. The third-order valence-electron chi connectivity index (χ3n) is 13.1. The Labute approximate surface area is 355 Å². The Morgan fingerprint density at radius 1 is 0.650 bits per heavy atom. The molecule has 0 N–H and O–H groups in total. The van der Waals surface area contributed by atoms with Crippen LogP contribution in [0.15, 0.2) is 174 Å². The van der Waals surface area contributed by atoms with Crippen molar-refractivity contribution in [2.45, 2.75) is 45.6 Å². The Bertz CT molecular complexity index is 3510. The molecule has 0 saturated carbocycles. The number of aryl methyl sites for hydroxylation is 2. The van der Waals surface area contributed by atoms with Gasteiger partial charge in [0.2, 0.25) is 5.69 Å². The molecule has 0 amide bonds. The van der Waals surface area contributed by atoms with Gasteiger partial charge in [0, 0.05) is 31.7 Å². The van der Waals surface area contributed by atoms with Crippen LogP contribution in [0.3, 0.4) is 0 Å². The number of rotatable bonds is 5. The van der Waals surface area contributed by atoms with Crippen LogP contribution in [0.25, 0.3) is 77.9 Å². The van der Waals surface area contributed by atoms with Crippen molar-refractivity contribution in [3.63, 3.8) is 0 Å². The molecule has 288 valence electrons. The second-order valence-electron chi connectivity index (χ2n) is 17.6. The van der Waals surface area contributed by atoms with Crippen LogP contribution >= 0.6 is 0 Å². The van der Waals surface area contributed by atoms with Crippen LogP contribution in [0.4, 0.5) is 0 Å². The van der Waals surface area contributed by atoms with Gasteiger partial charge in [0.25, 0.3) is 0 Å². The molecular weight excluding hydrogens is 747 g/mol. The molecule has 10 aromatic rings. The van der Waals surface area contributed by atoms with Crippen molar-refractivity contribution >= 4 is 46.2 Å². The first-order chi connectivity index (χ1) is 30.4. The molecule has 4 nitrogen and oxygen atoms in total. The van der Waals surface area contributed by atoms with Crippen LogP contribution in [0.1, 0.15) is 31.9 Å². The number of aromatic nitrogens is 3. The molecule has 2 aliphatic rings. The fourth-order valence-corrected chi connectivity index (χ4v) is 12.3. The Balaban J connectivity index is 1.23. The summed E-state index contributed by atoms with van der Waals surface area (Å²) in [6, 6.07) is 58.0. The maximum Gasteiger partial charge on any atom is 0.364 e. The van der Waals surface area contributed by atoms with Crippen molar-refractivity contribution in [3.8, 4) is 44.9 Å². The van der Waals surface area contributed by atoms with Crippen molar-refractivity contribution < 1.29 is 17.7 Å². The zero-order valence-corrected chi connectivity index (χ0v) is 35.1. The number of nitrogens with zero attached hydrogens (tertiary/aromatic N) is 3. The summed E-state index contributed by atoms with van der Waals surface area (Å²) in [6.45, 7) is 8.12. The largest absolute Gasteiger partial charge is 0.454 e. The lowest BCUT2D eigenvalue weighted by Crippen LogP contribution is -2.61. The fraction of sp³-hybridized carbons (Fsp3) is 0.127. The minimum atomic E-state index is -2.18. The van der Waals surface area contributed by atoms with Gasteiger partial charge in [-0.2, -0.15) is 4.57 Å². The second-order valence-corrected chi connectivity index (χ2v) is 22.7. The Morgan fingerprint density at radius 2 is 1.37 bits per heavy atom.